The van der Waals surface area contributed by atoms with Crippen molar-refractivity contribution in [3.05, 3.63) is 0 Å². The van der Waals surface area contributed by atoms with Gasteiger partial charge in [-0.25, -0.2) is 0 Å². The number of carbonyl (C=O) groups excluding carboxylic acids is 2. The highest BCUT2D eigenvalue weighted by Crippen LogP contribution is 2.30. The fourth-order valence-corrected chi connectivity index (χ4v) is 4.57. The molecule has 0 atom stereocenters. The Hall–Kier alpha value is -1.94. The second-order valence-corrected chi connectivity index (χ2v) is 10.5. The Morgan fingerprint density at radius 3 is 1.05 bits per heavy atom. The molecule has 0 saturated carbocycles. The molecule has 0 aliphatic heterocycles. The number of terminal acetylenes is 2. The molecule has 0 radical (unpaired) electrons. The van der Waals surface area contributed by atoms with Crippen molar-refractivity contribution in [3.63, 3.8) is 0 Å². The lowest BCUT2D eigenvalue weighted by molar-refractivity contribution is -0.172. The van der Waals surface area contributed by atoms with Gasteiger partial charge in [0, 0.05) is 12.8 Å². The van der Waals surface area contributed by atoms with Crippen molar-refractivity contribution in [1.82, 2.24) is 0 Å². The highest BCUT2D eigenvalue weighted by molar-refractivity contribution is 6.00. The fourth-order valence-electron chi connectivity index (χ4n) is 4.57. The molecule has 0 heterocycles. The van der Waals surface area contributed by atoms with Gasteiger partial charge >= 0.3 is 11.9 Å². The second kappa shape index (κ2) is 25.7. The summed E-state index contributed by atoms with van der Waals surface area (Å²) < 4.78 is 11.0. The smallest absolute Gasteiger partial charge is 0.325 e. The van der Waals surface area contributed by atoms with Crippen molar-refractivity contribution < 1.29 is 19.1 Å². The van der Waals surface area contributed by atoms with Crippen LogP contribution in [0, 0.1) is 30.1 Å². The summed E-state index contributed by atoms with van der Waals surface area (Å²) in [5, 5.41) is 0. The highest BCUT2D eigenvalue weighted by Gasteiger charge is 2.48. The summed E-state index contributed by atoms with van der Waals surface area (Å²) in [4.78, 5) is 25.9. The van der Waals surface area contributed by atoms with Gasteiger partial charge in [0.25, 0.3) is 0 Å². The Kier molecular flexibility index (Phi) is 24.4. The number of carbonyl (C=O) groups is 2. The molecule has 0 aromatic carbocycles. The van der Waals surface area contributed by atoms with Gasteiger partial charge < -0.3 is 9.47 Å². The van der Waals surface area contributed by atoms with Crippen LogP contribution >= 0.6 is 0 Å². The Bertz CT molecular complexity index is 584. The lowest BCUT2D eigenvalue weighted by Gasteiger charge is -2.26. The number of unbranched alkanes of at least 4 members (excludes halogenated alkanes) is 18. The van der Waals surface area contributed by atoms with Gasteiger partial charge in [-0.2, -0.15) is 0 Å². The van der Waals surface area contributed by atoms with Gasteiger partial charge in [0.2, 0.25) is 0 Å². The van der Waals surface area contributed by atoms with Crippen molar-refractivity contribution in [2.45, 2.75) is 155 Å². The van der Waals surface area contributed by atoms with Crippen LogP contribution in [0.4, 0.5) is 0 Å². The predicted molar refractivity (Wildman–Crippen MR) is 155 cm³/mol. The highest BCUT2D eigenvalue weighted by atomic mass is 16.6. The Balaban J connectivity index is 4.25. The zero-order valence-corrected chi connectivity index (χ0v) is 24.3. The Morgan fingerprint density at radius 2 is 0.784 bits per heavy atom. The monoisotopic (exact) mass is 516 g/mol. The van der Waals surface area contributed by atoms with E-state index in [-0.39, 0.29) is 26.1 Å². The van der Waals surface area contributed by atoms with E-state index in [9.17, 15) is 9.59 Å². The van der Waals surface area contributed by atoms with E-state index < -0.39 is 17.4 Å². The van der Waals surface area contributed by atoms with Crippen LogP contribution in [0.15, 0.2) is 0 Å². The molecule has 0 aromatic rings. The zero-order valence-electron chi connectivity index (χ0n) is 24.3. The molecular formula is C33H56O4. The molecular weight excluding hydrogens is 460 g/mol. The quantitative estimate of drug-likeness (QED) is 0.0498. The van der Waals surface area contributed by atoms with Crippen LogP contribution in [0.25, 0.3) is 0 Å². The maximum absolute atomic E-state index is 12.9. The molecule has 4 nitrogen and oxygen atoms in total. The molecule has 0 amide bonds. The molecule has 0 rings (SSSR count). The summed E-state index contributed by atoms with van der Waals surface area (Å²) >= 11 is 0. The number of esters is 2. The average Bonchev–Trinajstić information content (AvgIpc) is 2.89. The van der Waals surface area contributed by atoms with Crippen LogP contribution in [-0.4, -0.2) is 25.2 Å². The Morgan fingerprint density at radius 1 is 0.514 bits per heavy atom. The van der Waals surface area contributed by atoms with Crippen LogP contribution in [-0.2, 0) is 19.1 Å². The molecule has 0 fully saturated rings. The third-order valence-electron chi connectivity index (χ3n) is 7.05. The molecule has 212 valence electrons. The van der Waals surface area contributed by atoms with Crippen LogP contribution in [0.1, 0.15) is 155 Å². The van der Waals surface area contributed by atoms with Crippen LogP contribution in [0.2, 0.25) is 0 Å². The molecule has 0 bridgehead atoms. The van der Waals surface area contributed by atoms with E-state index in [1.165, 1.54) is 89.9 Å². The molecule has 0 aliphatic rings. The zero-order chi connectivity index (χ0) is 27.5. The topological polar surface area (TPSA) is 52.6 Å². The lowest BCUT2D eigenvalue weighted by atomic mass is 9.81. The molecule has 0 spiro atoms. The second-order valence-electron chi connectivity index (χ2n) is 10.5. The van der Waals surface area contributed by atoms with Crippen molar-refractivity contribution in [2.75, 3.05) is 13.2 Å². The van der Waals surface area contributed by atoms with Crippen molar-refractivity contribution in [1.29, 1.82) is 0 Å². The molecule has 0 unspecified atom stereocenters. The fraction of sp³-hybridized carbons (Fsp3) is 0.818. The lowest BCUT2D eigenvalue weighted by Crippen LogP contribution is -2.42. The van der Waals surface area contributed by atoms with Gasteiger partial charge in [0.1, 0.15) is 0 Å². The van der Waals surface area contributed by atoms with E-state index in [0.717, 1.165) is 38.5 Å². The van der Waals surface area contributed by atoms with E-state index in [0.29, 0.717) is 0 Å². The summed E-state index contributed by atoms with van der Waals surface area (Å²) in [6.07, 6.45) is 34.7. The maximum atomic E-state index is 12.9. The third-order valence-corrected chi connectivity index (χ3v) is 7.05. The van der Waals surface area contributed by atoms with Gasteiger partial charge in [-0.1, -0.05) is 129 Å². The van der Waals surface area contributed by atoms with Crippen LogP contribution in [0.5, 0.6) is 0 Å². The van der Waals surface area contributed by atoms with Crippen molar-refractivity contribution in [2.24, 2.45) is 5.41 Å². The minimum absolute atomic E-state index is 0.106. The normalized spacial score (nSPS) is 11.0. The first-order valence-corrected chi connectivity index (χ1v) is 15.3. The Labute approximate surface area is 229 Å². The number of rotatable bonds is 26. The van der Waals surface area contributed by atoms with E-state index in [2.05, 4.69) is 25.7 Å². The van der Waals surface area contributed by atoms with E-state index in [1.54, 1.807) is 0 Å². The summed E-state index contributed by atoms with van der Waals surface area (Å²) in [5.41, 5.74) is -1.60. The molecule has 37 heavy (non-hydrogen) atoms. The van der Waals surface area contributed by atoms with E-state index in [1.807, 2.05) is 0 Å². The minimum Gasteiger partial charge on any atom is -0.465 e. The maximum Gasteiger partial charge on any atom is 0.325 e. The molecule has 0 saturated heterocycles. The standard InChI is InChI=1S/C33H56O4/c1-5-9-11-13-15-17-19-21-23-25-29-36-31(34)33(27-7-3,28-8-4)32(35)37-30-26-24-22-20-18-16-14-12-10-6-2/h3-4H,5-6,9-30H2,1-2H3. The van der Waals surface area contributed by atoms with E-state index in [4.69, 9.17) is 22.3 Å². The van der Waals surface area contributed by atoms with Gasteiger partial charge in [-0.05, 0) is 12.8 Å². The van der Waals surface area contributed by atoms with E-state index >= 15 is 0 Å². The third kappa shape index (κ3) is 18.0. The largest absolute Gasteiger partial charge is 0.465 e. The average molecular weight is 517 g/mol. The van der Waals surface area contributed by atoms with Crippen molar-refractivity contribution >= 4 is 11.9 Å². The van der Waals surface area contributed by atoms with Crippen LogP contribution < -0.4 is 0 Å². The number of hydrogen-bond donors (Lipinski definition) is 0. The van der Waals surface area contributed by atoms with Crippen molar-refractivity contribution in [3.8, 4) is 24.7 Å². The minimum atomic E-state index is -1.60. The van der Waals surface area contributed by atoms with Gasteiger partial charge in [0.05, 0.1) is 13.2 Å². The number of hydrogen-bond acceptors (Lipinski definition) is 4. The summed E-state index contributed by atoms with van der Waals surface area (Å²) in [5.74, 6) is 3.60. The molecule has 0 aromatic heterocycles. The van der Waals surface area contributed by atoms with Gasteiger partial charge in [-0.3, -0.25) is 9.59 Å². The summed E-state index contributed by atoms with van der Waals surface area (Å²) in [6, 6.07) is 0. The molecule has 0 aliphatic carbocycles. The SMILES string of the molecule is C#CCC(CC#C)(C(=O)OCCCCCCCCCCCC)C(=O)OCCCCCCCCCCCC. The predicted octanol–water partition coefficient (Wildman–Crippen LogP) is 8.95. The molecule has 4 heteroatoms. The van der Waals surface area contributed by atoms with Gasteiger partial charge in [-0.15, -0.1) is 24.7 Å². The number of ether oxygens (including phenoxy) is 2. The summed E-state index contributed by atoms with van der Waals surface area (Å²) in [6.45, 7) is 5.02. The first-order chi connectivity index (χ1) is 18.1. The first-order valence-electron chi connectivity index (χ1n) is 15.3. The first kappa shape index (κ1) is 35.1. The van der Waals surface area contributed by atoms with Gasteiger partial charge in [0.15, 0.2) is 5.41 Å². The summed E-state index contributed by atoms with van der Waals surface area (Å²) in [7, 11) is 0. The molecule has 0 N–H and O–H groups in total. The van der Waals surface area contributed by atoms with Crippen LogP contribution in [0.3, 0.4) is 0 Å².